The summed E-state index contributed by atoms with van der Waals surface area (Å²) in [5, 5.41) is 0. The molecule has 120 valence electrons. The molecule has 1 rings (SSSR count). The number of hydrogen-bond donors (Lipinski definition) is 1. The second kappa shape index (κ2) is 8.48. The summed E-state index contributed by atoms with van der Waals surface area (Å²) in [6.07, 6.45) is 0.832. The number of benzene rings is 1. The molecule has 0 aliphatic carbocycles. The number of sulfonamides is 1. The molecule has 0 aromatic heterocycles. The SMILES string of the molecule is CCN(CCCN(C)C)S(=O)(=O)Cc1ccccc1CN. The fraction of sp³-hybridized carbons (Fsp3) is 0.600. The van der Waals surface area contributed by atoms with Crippen LogP contribution in [-0.4, -0.2) is 51.4 Å². The van der Waals surface area contributed by atoms with E-state index in [0.29, 0.717) is 19.6 Å². The van der Waals surface area contributed by atoms with Crippen LogP contribution in [0, 0.1) is 0 Å². The molecule has 1 aromatic carbocycles. The van der Waals surface area contributed by atoms with Gasteiger partial charge in [-0.2, -0.15) is 0 Å². The highest BCUT2D eigenvalue weighted by molar-refractivity contribution is 7.88. The first-order valence-electron chi connectivity index (χ1n) is 7.30. The van der Waals surface area contributed by atoms with E-state index in [4.69, 9.17) is 5.73 Å². The van der Waals surface area contributed by atoms with Gasteiger partial charge in [0.05, 0.1) is 5.75 Å². The zero-order chi connectivity index (χ0) is 15.9. The van der Waals surface area contributed by atoms with E-state index in [1.165, 1.54) is 0 Å². The average molecular weight is 313 g/mol. The van der Waals surface area contributed by atoms with Crippen molar-refractivity contribution >= 4 is 10.0 Å². The largest absolute Gasteiger partial charge is 0.326 e. The van der Waals surface area contributed by atoms with Gasteiger partial charge in [-0.3, -0.25) is 0 Å². The second-order valence-electron chi connectivity index (χ2n) is 5.38. The number of nitrogens with zero attached hydrogens (tertiary/aromatic N) is 2. The third-order valence-electron chi connectivity index (χ3n) is 3.44. The third kappa shape index (κ3) is 5.74. The van der Waals surface area contributed by atoms with Crippen LogP contribution in [0.5, 0.6) is 0 Å². The molecule has 1 aromatic rings. The molecule has 2 N–H and O–H groups in total. The molecule has 0 saturated heterocycles. The number of rotatable bonds is 9. The van der Waals surface area contributed by atoms with Crippen LogP contribution in [0.15, 0.2) is 24.3 Å². The van der Waals surface area contributed by atoms with Crippen molar-refractivity contribution < 1.29 is 8.42 Å². The summed E-state index contributed by atoms with van der Waals surface area (Å²) in [4.78, 5) is 2.06. The maximum atomic E-state index is 12.5. The van der Waals surface area contributed by atoms with Crippen LogP contribution in [0.4, 0.5) is 0 Å². The third-order valence-corrected chi connectivity index (χ3v) is 5.34. The Hall–Kier alpha value is -0.950. The molecular formula is C15H27N3O2S. The van der Waals surface area contributed by atoms with Crippen molar-refractivity contribution in [3.8, 4) is 0 Å². The highest BCUT2D eigenvalue weighted by Crippen LogP contribution is 2.15. The summed E-state index contributed by atoms with van der Waals surface area (Å²) in [5.41, 5.74) is 7.37. The first-order chi connectivity index (χ1) is 9.90. The molecule has 0 heterocycles. The van der Waals surface area contributed by atoms with E-state index >= 15 is 0 Å². The summed E-state index contributed by atoms with van der Waals surface area (Å²) in [6, 6.07) is 7.46. The Morgan fingerprint density at radius 1 is 1.10 bits per heavy atom. The minimum Gasteiger partial charge on any atom is -0.326 e. The number of hydrogen-bond acceptors (Lipinski definition) is 4. The van der Waals surface area contributed by atoms with E-state index in [-0.39, 0.29) is 5.75 Å². The summed E-state index contributed by atoms with van der Waals surface area (Å²) < 4.78 is 26.7. The smallest absolute Gasteiger partial charge is 0.218 e. The van der Waals surface area contributed by atoms with Gasteiger partial charge in [-0.25, -0.2) is 12.7 Å². The Morgan fingerprint density at radius 3 is 2.24 bits per heavy atom. The molecule has 0 atom stereocenters. The lowest BCUT2D eigenvalue weighted by Crippen LogP contribution is -2.34. The van der Waals surface area contributed by atoms with Crippen LogP contribution in [0.1, 0.15) is 24.5 Å². The lowest BCUT2D eigenvalue weighted by atomic mass is 10.1. The van der Waals surface area contributed by atoms with Crippen LogP contribution in [-0.2, 0) is 22.3 Å². The standard InChI is InChI=1S/C15H27N3O2S/c1-4-18(11-7-10-17(2)3)21(19,20)13-15-9-6-5-8-14(15)12-16/h5-6,8-9H,4,7,10-13,16H2,1-3H3. The van der Waals surface area contributed by atoms with Crippen LogP contribution in [0.3, 0.4) is 0 Å². The Balaban J connectivity index is 2.78. The maximum Gasteiger partial charge on any atom is 0.218 e. The molecule has 6 heteroatoms. The molecule has 0 aliphatic rings. The molecule has 0 aliphatic heterocycles. The molecule has 0 bridgehead atoms. The van der Waals surface area contributed by atoms with Gasteiger partial charge in [0.1, 0.15) is 0 Å². The summed E-state index contributed by atoms with van der Waals surface area (Å²) in [6.45, 7) is 4.17. The van der Waals surface area contributed by atoms with E-state index in [1.807, 2.05) is 45.3 Å². The van der Waals surface area contributed by atoms with Gasteiger partial charge in [-0.05, 0) is 38.2 Å². The fourth-order valence-electron chi connectivity index (χ4n) is 2.24. The molecule has 0 radical (unpaired) electrons. The van der Waals surface area contributed by atoms with Crippen LogP contribution < -0.4 is 5.73 Å². The van der Waals surface area contributed by atoms with Gasteiger partial charge in [0.2, 0.25) is 10.0 Å². The van der Waals surface area contributed by atoms with Crippen molar-refractivity contribution in [1.29, 1.82) is 0 Å². The van der Waals surface area contributed by atoms with Crippen molar-refractivity contribution in [3.05, 3.63) is 35.4 Å². The maximum absolute atomic E-state index is 12.5. The quantitative estimate of drug-likeness (QED) is 0.745. The molecule has 0 saturated carbocycles. The van der Waals surface area contributed by atoms with Gasteiger partial charge in [0, 0.05) is 19.6 Å². The lowest BCUT2D eigenvalue weighted by molar-refractivity contribution is 0.356. The predicted octanol–water partition coefficient (Wildman–Crippen LogP) is 1.25. The van der Waals surface area contributed by atoms with Gasteiger partial charge in [0.25, 0.3) is 0 Å². The zero-order valence-corrected chi connectivity index (χ0v) is 14.1. The fourth-order valence-corrected chi connectivity index (χ4v) is 3.90. The zero-order valence-electron chi connectivity index (χ0n) is 13.2. The minimum atomic E-state index is -3.30. The summed E-state index contributed by atoms with van der Waals surface area (Å²) in [5.74, 6) is 0.0240. The first kappa shape index (κ1) is 18.1. The Kier molecular flexibility index (Phi) is 7.31. The molecular weight excluding hydrogens is 286 g/mol. The average Bonchev–Trinajstić information content (AvgIpc) is 2.43. The Labute approximate surface area is 128 Å². The van der Waals surface area contributed by atoms with Gasteiger partial charge in [-0.15, -0.1) is 0 Å². The number of nitrogens with two attached hydrogens (primary N) is 1. The van der Waals surface area contributed by atoms with Gasteiger partial charge in [-0.1, -0.05) is 31.2 Å². The van der Waals surface area contributed by atoms with E-state index in [9.17, 15) is 8.42 Å². The van der Waals surface area contributed by atoms with Gasteiger partial charge >= 0.3 is 0 Å². The van der Waals surface area contributed by atoms with E-state index in [2.05, 4.69) is 4.90 Å². The minimum absolute atomic E-state index is 0.0240. The summed E-state index contributed by atoms with van der Waals surface area (Å²) in [7, 11) is 0.680. The Bertz CT molecular complexity index is 529. The van der Waals surface area contributed by atoms with Gasteiger partial charge < -0.3 is 10.6 Å². The van der Waals surface area contributed by atoms with E-state index < -0.39 is 10.0 Å². The lowest BCUT2D eigenvalue weighted by Gasteiger charge is -2.22. The molecule has 21 heavy (non-hydrogen) atoms. The monoisotopic (exact) mass is 313 g/mol. The first-order valence-corrected chi connectivity index (χ1v) is 8.91. The van der Waals surface area contributed by atoms with Crippen LogP contribution >= 0.6 is 0 Å². The second-order valence-corrected chi connectivity index (χ2v) is 7.35. The topological polar surface area (TPSA) is 66.6 Å². The highest BCUT2D eigenvalue weighted by atomic mass is 32.2. The van der Waals surface area contributed by atoms with Crippen molar-refractivity contribution in [2.24, 2.45) is 5.73 Å². The molecule has 0 unspecified atom stereocenters. The predicted molar refractivity (Wildman–Crippen MR) is 87.4 cm³/mol. The van der Waals surface area contributed by atoms with Gasteiger partial charge in [0.15, 0.2) is 0 Å². The molecule has 0 amide bonds. The Morgan fingerprint density at radius 2 is 1.71 bits per heavy atom. The van der Waals surface area contributed by atoms with E-state index in [1.54, 1.807) is 4.31 Å². The normalized spacial score (nSPS) is 12.3. The highest BCUT2D eigenvalue weighted by Gasteiger charge is 2.21. The van der Waals surface area contributed by atoms with Crippen molar-refractivity contribution in [2.75, 3.05) is 33.7 Å². The van der Waals surface area contributed by atoms with Crippen molar-refractivity contribution in [1.82, 2.24) is 9.21 Å². The molecule has 0 spiro atoms. The van der Waals surface area contributed by atoms with Crippen LogP contribution in [0.2, 0.25) is 0 Å². The van der Waals surface area contributed by atoms with E-state index in [0.717, 1.165) is 24.1 Å². The molecule has 5 nitrogen and oxygen atoms in total. The van der Waals surface area contributed by atoms with Crippen molar-refractivity contribution in [2.45, 2.75) is 25.6 Å². The molecule has 0 fully saturated rings. The summed E-state index contributed by atoms with van der Waals surface area (Å²) >= 11 is 0. The van der Waals surface area contributed by atoms with Crippen LogP contribution in [0.25, 0.3) is 0 Å². The van der Waals surface area contributed by atoms with Crippen molar-refractivity contribution in [3.63, 3.8) is 0 Å².